The number of ether oxygens (including phenoxy) is 1. The molecule has 8 nitrogen and oxygen atoms in total. The fourth-order valence-electron chi connectivity index (χ4n) is 4.37. The molecule has 0 bridgehead atoms. The van der Waals surface area contributed by atoms with E-state index in [1.807, 2.05) is 31.7 Å². The third-order valence-electron chi connectivity index (χ3n) is 6.54. The van der Waals surface area contributed by atoms with Gasteiger partial charge in [0, 0.05) is 35.6 Å². The van der Waals surface area contributed by atoms with Crippen molar-refractivity contribution in [2.75, 3.05) is 37.4 Å². The summed E-state index contributed by atoms with van der Waals surface area (Å²) in [7, 11) is 1.39. The molecule has 3 aromatic rings. The van der Waals surface area contributed by atoms with Crippen LogP contribution in [-0.2, 0) is 11.5 Å². The van der Waals surface area contributed by atoms with Crippen molar-refractivity contribution in [3.05, 3.63) is 51.9 Å². The molecule has 212 valence electrons. The zero-order valence-corrected chi connectivity index (χ0v) is 24.4. The van der Waals surface area contributed by atoms with Crippen LogP contribution in [0.2, 0.25) is 0 Å². The van der Waals surface area contributed by atoms with Crippen LogP contribution in [0.15, 0.2) is 23.7 Å². The lowest BCUT2D eigenvalue weighted by Gasteiger charge is -2.41. The number of benzene rings is 1. The first-order valence-electron chi connectivity index (χ1n) is 12.7. The number of aromatic nitrogens is 2. The number of anilines is 2. The lowest BCUT2D eigenvalue weighted by molar-refractivity contribution is -0.124. The quantitative estimate of drug-likeness (QED) is 0.224. The number of allylic oxidation sites excluding steroid dienone is 2. The van der Waals surface area contributed by atoms with Gasteiger partial charge in [-0.05, 0) is 36.6 Å². The minimum Gasteiger partial charge on any atom is -0.467 e. The molecule has 1 aliphatic heterocycles. The molecule has 1 saturated heterocycles. The third-order valence-corrected chi connectivity index (χ3v) is 7.91. The Morgan fingerprint density at radius 1 is 1.43 bits per heavy atom. The largest absolute Gasteiger partial charge is 0.467 e. The van der Waals surface area contributed by atoms with Gasteiger partial charge in [-0.25, -0.2) is 8.78 Å². The van der Waals surface area contributed by atoms with Gasteiger partial charge in [-0.2, -0.15) is 15.2 Å². The summed E-state index contributed by atoms with van der Waals surface area (Å²) in [6.07, 6.45) is 3.15. The van der Waals surface area contributed by atoms with Crippen molar-refractivity contribution >= 4 is 61.9 Å². The predicted molar refractivity (Wildman–Crippen MR) is 158 cm³/mol. The number of thiophene rings is 1. The molecule has 1 aromatic carbocycles. The van der Waals surface area contributed by atoms with E-state index < -0.39 is 12.5 Å². The van der Waals surface area contributed by atoms with Crippen molar-refractivity contribution in [3.63, 3.8) is 0 Å². The number of carbonyl (C=O) groups excluding carboxylic acids is 1. The number of amides is 1. The summed E-state index contributed by atoms with van der Waals surface area (Å²) in [6.45, 7) is 10.7. The van der Waals surface area contributed by atoms with E-state index in [4.69, 9.17) is 22.1 Å². The first kappa shape index (κ1) is 30.8. The second-order valence-corrected chi connectivity index (χ2v) is 10.0. The molecule has 2 aromatic heterocycles. The van der Waals surface area contributed by atoms with E-state index in [1.165, 1.54) is 25.3 Å². The maximum atomic E-state index is 14.5. The number of hydrogen-bond donors (Lipinski definition) is 1. The van der Waals surface area contributed by atoms with Gasteiger partial charge in [0.25, 0.3) is 0 Å². The molecule has 1 fully saturated rings. The van der Waals surface area contributed by atoms with Gasteiger partial charge in [0.1, 0.15) is 29.4 Å². The zero-order valence-electron chi connectivity index (χ0n) is 22.8. The third kappa shape index (κ3) is 5.88. The van der Waals surface area contributed by atoms with Gasteiger partial charge >= 0.3 is 6.01 Å². The summed E-state index contributed by atoms with van der Waals surface area (Å²) in [4.78, 5) is 23.6. The van der Waals surface area contributed by atoms with Crippen molar-refractivity contribution in [1.82, 2.24) is 14.9 Å². The summed E-state index contributed by atoms with van der Waals surface area (Å²) < 4.78 is 34.2. The molecule has 1 aliphatic rings. The van der Waals surface area contributed by atoms with E-state index in [1.54, 1.807) is 4.90 Å². The number of hydrogen-bond acceptors (Lipinski definition) is 8. The van der Waals surface area contributed by atoms with Gasteiger partial charge in [-0.15, -0.1) is 11.3 Å². The van der Waals surface area contributed by atoms with Crippen LogP contribution in [0.3, 0.4) is 0 Å². The van der Waals surface area contributed by atoms with E-state index in [0.29, 0.717) is 42.0 Å². The smallest absolute Gasteiger partial charge is 0.318 e. The topological polar surface area (TPSA) is 108 Å². The summed E-state index contributed by atoms with van der Waals surface area (Å²) >= 11 is 7.70. The molecule has 40 heavy (non-hydrogen) atoms. The Hall–Kier alpha value is -3.75. The Balaban J connectivity index is 0.00000216. The molecule has 0 radical (unpaired) electrons. The minimum absolute atomic E-state index is 0.00768. The number of nitrogen functional groups attached to an aromatic ring is 1. The summed E-state index contributed by atoms with van der Waals surface area (Å²) in [5.74, 6) is -0.128. The number of halogens is 3. The Kier molecular flexibility index (Phi) is 10.4. The van der Waals surface area contributed by atoms with Crippen LogP contribution in [0.4, 0.5) is 19.6 Å². The Morgan fingerprint density at radius 2 is 2.15 bits per heavy atom. The van der Waals surface area contributed by atoms with Crippen LogP contribution in [0.5, 0.6) is 6.01 Å². The molecular weight excluding hydrogens is 558 g/mol. The Labute approximate surface area is 241 Å². The van der Waals surface area contributed by atoms with Crippen LogP contribution in [0.1, 0.15) is 49.6 Å². The summed E-state index contributed by atoms with van der Waals surface area (Å²) in [5, 5.41) is 10.2. The van der Waals surface area contributed by atoms with Crippen LogP contribution in [0.25, 0.3) is 21.7 Å². The molecule has 1 unspecified atom stereocenters. The van der Waals surface area contributed by atoms with Gasteiger partial charge in [0.15, 0.2) is 0 Å². The molecule has 3 heterocycles. The molecular formula is C28H31ClF2N6O2S. The first-order valence-corrected chi connectivity index (χ1v) is 13.9. The fraction of sp³-hybridized carbons (Fsp3) is 0.357. The highest BCUT2D eigenvalue weighted by molar-refractivity contribution is 7.23. The summed E-state index contributed by atoms with van der Waals surface area (Å²) in [6, 6.07) is 4.75. The average molecular weight is 589 g/mol. The Morgan fingerprint density at radius 3 is 2.70 bits per heavy atom. The number of methoxy groups -OCH3 is 1. The molecule has 1 amide bonds. The van der Waals surface area contributed by atoms with E-state index in [0.717, 1.165) is 24.2 Å². The number of carbonyl (C=O) groups is 1. The number of nitriles is 1. The number of fused-ring (bicyclic) bond motifs is 1. The SMILES string of the molecule is C=C(/C(Cl)=C\c1c(CF)nc(OC)nc1N(CC)CC1CCN1C=O)c1ccc(F)c2sc(N)c(C#N)c12.CC. The van der Waals surface area contributed by atoms with Crippen molar-refractivity contribution < 1.29 is 18.3 Å². The lowest BCUT2D eigenvalue weighted by atomic mass is 9.98. The second kappa shape index (κ2) is 13.5. The zero-order chi connectivity index (χ0) is 29.6. The second-order valence-electron chi connectivity index (χ2n) is 8.58. The van der Waals surface area contributed by atoms with Crippen molar-refractivity contribution in [1.29, 1.82) is 5.26 Å². The van der Waals surface area contributed by atoms with E-state index >= 15 is 0 Å². The van der Waals surface area contributed by atoms with Gasteiger partial charge < -0.3 is 20.3 Å². The monoisotopic (exact) mass is 588 g/mol. The van der Waals surface area contributed by atoms with Crippen LogP contribution >= 0.6 is 22.9 Å². The number of rotatable bonds is 10. The number of likely N-dealkylation sites (N-methyl/N-ethyl adjacent to an activating group) is 1. The number of nitrogens with zero attached hydrogens (tertiary/aromatic N) is 5. The molecule has 2 N–H and O–H groups in total. The highest BCUT2D eigenvalue weighted by atomic mass is 35.5. The van der Waals surface area contributed by atoms with Crippen LogP contribution < -0.4 is 15.4 Å². The van der Waals surface area contributed by atoms with Crippen LogP contribution in [-0.4, -0.2) is 54.1 Å². The normalized spacial score (nSPS) is 14.6. The number of nitrogens with two attached hydrogens (primary N) is 1. The van der Waals surface area contributed by atoms with E-state index in [2.05, 4.69) is 16.5 Å². The molecule has 12 heteroatoms. The fourth-order valence-corrected chi connectivity index (χ4v) is 5.53. The maximum Gasteiger partial charge on any atom is 0.318 e. The molecule has 4 rings (SSSR count). The van der Waals surface area contributed by atoms with E-state index in [-0.39, 0.29) is 43.6 Å². The molecule has 0 saturated carbocycles. The van der Waals surface area contributed by atoms with E-state index in [9.17, 15) is 18.8 Å². The van der Waals surface area contributed by atoms with Crippen molar-refractivity contribution in [3.8, 4) is 12.1 Å². The van der Waals surface area contributed by atoms with Gasteiger partial charge in [-0.3, -0.25) is 4.79 Å². The minimum atomic E-state index is -0.920. The first-order chi connectivity index (χ1) is 19.3. The van der Waals surface area contributed by atoms with Crippen molar-refractivity contribution in [2.24, 2.45) is 0 Å². The number of likely N-dealkylation sites (tertiary alicyclic amines) is 1. The molecule has 0 spiro atoms. The highest BCUT2D eigenvalue weighted by Gasteiger charge is 2.30. The highest BCUT2D eigenvalue weighted by Crippen LogP contribution is 2.41. The van der Waals surface area contributed by atoms with Crippen molar-refractivity contribution in [2.45, 2.75) is 39.9 Å². The van der Waals surface area contributed by atoms with Gasteiger partial charge in [0.05, 0.1) is 29.1 Å². The van der Waals surface area contributed by atoms with Crippen LogP contribution in [0, 0.1) is 17.1 Å². The maximum absolute atomic E-state index is 14.5. The predicted octanol–water partition coefficient (Wildman–Crippen LogP) is 6.14. The molecule has 0 aliphatic carbocycles. The summed E-state index contributed by atoms with van der Waals surface area (Å²) in [5.41, 5.74) is 7.19. The average Bonchev–Trinajstić information content (AvgIpc) is 3.30. The van der Waals surface area contributed by atoms with Gasteiger partial charge in [0.2, 0.25) is 6.41 Å². The number of alkyl halides is 1. The standard InChI is InChI=1S/C26H25ClF2N6O2S.C2H6/c1-4-34(12-15-7-8-35(15)13-36)25-17(21(10-28)32-26(33-25)37-3)9-19(27)14(2)16-5-6-20(29)23-22(16)18(11-30)24(31)38-23;1-2/h5-6,9,13,15H,2,4,7-8,10,12,31H2,1,3H3;1-2H3/b19-9+;. The molecule has 1 atom stereocenters. The lowest BCUT2D eigenvalue weighted by Crippen LogP contribution is -2.53. The Bertz CT molecular complexity index is 1490. The van der Waals surface area contributed by atoms with Gasteiger partial charge in [-0.1, -0.05) is 38.1 Å².